The number of nitrogen functional groups attached to an aromatic ring is 1. The Morgan fingerprint density at radius 3 is 3.00 bits per heavy atom. The monoisotopic (exact) mass is 210 g/mol. The molecule has 1 aromatic carbocycles. The van der Waals surface area contributed by atoms with Crippen LogP contribution in [0.25, 0.3) is 0 Å². The van der Waals surface area contributed by atoms with Crippen LogP contribution in [0.1, 0.15) is 6.42 Å². The standard InChI is InChI=1S/C11H15FN2O/c1-14-5-4-9(7-14)15-11-6-8(13)2-3-10(11)12/h2-3,6,9H,4-5,7,13H2,1H3/t9-/m1/s1. The molecule has 1 saturated heterocycles. The van der Waals surface area contributed by atoms with Crippen molar-refractivity contribution in [2.45, 2.75) is 12.5 Å². The van der Waals surface area contributed by atoms with Crippen LogP contribution in [-0.4, -0.2) is 31.1 Å². The second kappa shape index (κ2) is 4.06. The Labute approximate surface area is 88.6 Å². The summed E-state index contributed by atoms with van der Waals surface area (Å²) in [6.45, 7) is 1.84. The molecule has 4 heteroatoms. The molecule has 1 aliphatic rings. The molecular weight excluding hydrogens is 195 g/mol. The van der Waals surface area contributed by atoms with Crippen LogP contribution in [0.2, 0.25) is 0 Å². The zero-order valence-corrected chi connectivity index (χ0v) is 8.74. The number of halogens is 1. The SMILES string of the molecule is CN1CC[C@@H](Oc2cc(N)ccc2F)C1. The molecule has 1 aliphatic heterocycles. The van der Waals surface area contributed by atoms with E-state index in [2.05, 4.69) is 4.90 Å². The molecule has 1 aromatic rings. The number of nitrogens with zero attached hydrogens (tertiary/aromatic N) is 1. The fraction of sp³-hybridized carbons (Fsp3) is 0.455. The normalized spacial score (nSPS) is 21.9. The molecule has 2 rings (SSSR count). The number of rotatable bonds is 2. The molecule has 0 aromatic heterocycles. The lowest BCUT2D eigenvalue weighted by Crippen LogP contribution is -2.21. The summed E-state index contributed by atoms with van der Waals surface area (Å²) in [6.07, 6.45) is 1.01. The van der Waals surface area contributed by atoms with Gasteiger partial charge in [-0.3, -0.25) is 0 Å². The molecule has 1 fully saturated rings. The topological polar surface area (TPSA) is 38.5 Å². The average Bonchev–Trinajstić information content (AvgIpc) is 2.58. The fourth-order valence-corrected chi connectivity index (χ4v) is 1.78. The smallest absolute Gasteiger partial charge is 0.165 e. The first-order valence-electron chi connectivity index (χ1n) is 5.05. The Balaban J connectivity index is 2.07. The largest absolute Gasteiger partial charge is 0.486 e. The van der Waals surface area contributed by atoms with Gasteiger partial charge in [-0.2, -0.15) is 0 Å². The molecule has 0 radical (unpaired) electrons. The summed E-state index contributed by atoms with van der Waals surface area (Å²) in [7, 11) is 2.03. The first-order chi connectivity index (χ1) is 7.15. The van der Waals surface area contributed by atoms with Crippen LogP contribution < -0.4 is 10.5 Å². The number of benzene rings is 1. The van der Waals surface area contributed by atoms with E-state index in [1.807, 2.05) is 7.05 Å². The molecular formula is C11H15FN2O. The van der Waals surface area contributed by atoms with Gasteiger partial charge in [0.15, 0.2) is 11.6 Å². The van der Waals surface area contributed by atoms with Crippen LogP contribution in [-0.2, 0) is 0 Å². The summed E-state index contributed by atoms with van der Waals surface area (Å²) in [4.78, 5) is 2.16. The minimum atomic E-state index is -0.348. The van der Waals surface area contributed by atoms with Gasteiger partial charge in [-0.1, -0.05) is 0 Å². The van der Waals surface area contributed by atoms with Gasteiger partial charge in [-0.25, -0.2) is 4.39 Å². The summed E-state index contributed by atoms with van der Waals surface area (Å²) < 4.78 is 18.9. The maximum atomic E-state index is 13.3. The molecule has 15 heavy (non-hydrogen) atoms. The van der Waals surface area contributed by atoms with E-state index < -0.39 is 0 Å². The molecule has 0 unspecified atom stereocenters. The number of ether oxygens (including phenoxy) is 1. The number of likely N-dealkylation sites (tertiary alicyclic amines) is 1. The van der Waals surface area contributed by atoms with Gasteiger partial charge in [0.25, 0.3) is 0 Å². The van der Waals surface area contributed by atoms with E-state index in [9.17, 15) is 4.39 Å². The predicted molar refractivity (Wildman–Crippen MR) is 57.3 cm³/mol. The summed E-state index contributed by atoms with van der Waals surface area (Å²) in [5.74, 6) is -0.0888. The Hall–Kier alpha value is -1.29. The Kier molecular flexibility index (Phi) is 2.77. The lowest BCUT2D eigenvalue weighted by atomic mass is 10.2. The van der Waals surface area contributed by atoms with Crippen molar-refractivity contribution >= 4 is 5.69 Å². The van der Waals surface area contributed by atoms with Crippen LogP contribution in [0.4, 0.5) is 10.1 Å². The Bertz CT molecular complexity index is 356. The number of nitrogens with two attached hydrogens (primary N) is 1. The van der Waals surface area contributed by atoms with E-state index in [-0.39, 0.29) is 17.7 Å². The molecule has 3 nitrogen and oxygen atoms in total. The van der Waals surface area contributed by atoms with Gasteiger partial charge in [0.1, 0.15) is 6.10 Å². The third-order valence-electron chi connectivity index (χ3n) is 2.60. The van der Waals surface area contributed by atoms with Gasteiger partial charge in [-0.15, -0.1) is 0 Å². The van der Waals surface area contributed by atoms with Gasteiger partial charge < -0.3 is 15.4 Å². The quantitative estimate of drug-likeness (QED) is 0.752. The molecule has 0 saturated carbocycles. The summed E-state index contributed by atoms with van der Waals surface area (Å²) in [6, 6.07) is 4.40. The number of likely N-dealkylation sites (N-methyl/N-ethyl adjacent to an activating group) is 1. The van der Waals surface area contributed by atoms with Crippen molar-refractivity contribution in [2.75, 3.05) is 25.9 Å². The maximum absolute atomic E-state index is 13.3. The number of anilines is 1. The molecule has 0 spiro atoms. The summed E-state index contributed by atoms with van der Waals surface area (Å²) in [5, 5.41) is 0. The van der Waals surface area contributed by atoms with E-state index in [1.165, 1.54) is 18.2 Å². The second-order valence-electron chi connectivity index (χ2n) is 3.98. The summed E-state index contributed by atoms with van der Waals surface area (Å²) in [5.41, 5.74) is 6.10. The first kappa shape index (κ1) is 10.2. The molecule has 0 aliphatic carbocycles. The summed E-state index contributed by atoms with van der Waals surface area (Å²) >= 11 is 0. The minimum absolute atomic E-state index is 0.0753. The lowest BCUT2D eigenvalue weighted by molar-refractivity contribution is 0.199. The first-order valence-corrected chi connectivity index (χ1v) is 5.05. The predicted octanol–water partition coefficient (Wildman–Crippen LogP) is 1.49. The van der Waals surface area contributed by atoms with E-state index in [0.717, 1.165) is 19.5 Å². The van der Waals surface area contributed by atoms with Gasteiger partial charge >= 0.3 is 0 Å². The highest BCUT2D eigenvalue weighted by molar-refractivity contribution is 5.44. The highest BCUT2D eigenvalue weighted by atomic mass is 19.1. The van der Waals surface area contributed by atoms with Gasteiger partial charge in [-0.05, 0) is 25.6 Å². The molecule has 0 bridgehead atoms. The van der Waals surface area contributed by atoms with Crippen LogP contribution in [0, 0.1) is 5.82 Å². The van der Waals surface area contributed by atoms with Gasteiger partial charge in [0.2, 0.25) is 0 Å². The van der Waals surface area contributed by atoms with Crippen molar-refractivity contribution < 1.29 is 9.13 Å². The average molecular weight is 210 g/mol. The van der Waals surface area contributed by atoms with E-state index >= 15 is 0 Å². The third-order valence-corrected chi connectivity index (χ3v) is 2.60. The molecule has 1 heterocycles. The van der Waals surface area contributed by atoms with Crippen molar-refractivity contribution in [3.8, 4) is 5.75 Å². The van der Waals surface area contributed by atoms with Crippen LogP contribution in [0.3, 0.4) is 0 Å². The fourth-order valence-electron chi connectivity index (χ4n) is 1.78. The Morgan fingerprint density at radius 1 is 1.53 bits per heavy atom. The van der Waals surface area contributed by atoms with E-state index in [0.29, 0.717) is 5.69 Å². The second-order valence-corrected chi connectivity index (χ2v) is 3.98. The van der Waals surface area contributed by atoms with Crippen molar-refractivity contribution in [1.29, 1.82) is 0 Å². The maximum Gasteiger partial charge on any atom is 0.165 e. The highest BCUT2D eigenvalue weighted by Crippen LogP contribution is 2.23. The van der Waals surface area contributed by atoms with Crippen molar-refractivity contribution in [3.63, 3.8) is 0 Å². The molecule has 0 amide bonds. The van der Waals surface area contributed by atoms with Crippen molar-refractivity contribution in [2.24, 2.45) is 0 Å². The highest BCUT2D eigenvalue weighted by Gasteiger charge is 2.21. The minimum Gasteiger partial charge on any atom is -0.486 e. The lowest BCUT2D eigenvalue weighted by Gasteiger charge is -2.14. The zero-order valence-electron chi connectivity index (χ0n) is 8.74. The van der Waals surface area contributed by atoms with Gasteiger partial charge in [0.05, 0.1) is 0 Å². The number of hydrogen-bond donors (Lipinski definition) is 1. The van der Waals surface area contributed by atoms with Gasteiger partial charge in [0, 0.05) is 24.8 Å². The molecule has 1 atom stereocenters. The molecule has 82 valence electrons. The van der Waals surface area contributed by atoms with E-state index in [4.69, 9.17) is 10.5 Å². The zero-order chi connectivity index (χ0) is 10.8. The number of hydrogen-bond acceptors (Lipinski definition) is 3. The Morgan fingerprint density at radius 2 is 2.33 bits per heavy atom. The van der Waals surface area contributed by atoms with Crippen LogP contribution in [0.15, 0.2) is 18.2 Å². The third kappa shape index (κ3) is 2.39. The van der Waals surface area contributed by atoms with Crippen molar-refractivity contribution in [3.05, 3.63) is 24.0 Å². The van der Waals surface area contributed by atoms with E-state index in [1.54, 1.807) is 0 Å². The van der Waals surface area contributed by atoms with Crippen molar-refractivity contribution in [1.82, 2.24) is 4.90 Å². The van der Waals surface area contributed by atoms with Crippen LogP contribution in [0.5, 0.6) is 5.75 Å². The van der Waals surface area contributed by atoms with Crippen LogP contribution >= 0.6 is 0 Å². The molecule has 2 N–H and O–H groups in total.